The maximum Gasteiger partial charge on any atom is 0.329 e. The fourth-order valence-electron chi connectivity index (χ4n) is 3.81. The van der Waals surface area contributed by atoms with Gasteiger partial charge in [0.25, 0.3) is 10.0 Å². The van der Waals surface area contributed by atoms with Crippen molar-refractivity contribution >= 4 is 55.2 Å². The number of thioether (sulfide) groups is 1. The van der Waals surface area contributed by atoms with Crippen LogP contribution in [0, 0.1) is 0 Å². The van der Waals surface area contributed by atoms with Crippen LogP contribution in [-0.2, 0) is 36.7 Å². The number of sulfonamides is 1. The number of nitrogens with one attached hydrogen (secondary N) is 1. The number of esters is 1. The van der Waals surface area contributed by atoms with E-state index in [1.165, 1.54) is 29.8 Å². The largest absolute Gasteiger partial charge is 0.508 e. The second-order valence-corrected chi connectivity index (χ2v) is 12.7. The van der Waals surface area contributed by atoms with E-state index < -0.39 is 34.0 Å². The highest BCUT2D eigenvalue weighted by Gasteiger charge is 2.28. The van der Waals surface area contributed by atoms with E-state index in [0.29, 0.717) is 27.4 Å². The van der Waals surface area contributed by atoms with Gasteiger partial charge in [0.1, 0.15) is 35.9 Å². The molecule has 0 unspecified atom stereocenters. The molecule has 5 N–H and O–H groups in total. The number of thiazole rings is 1. The molecule has 0 bridgehead atoms. The number of aliphatic hydroxyl groups excluding tert-OH is 1. The van der Waals surface area contributed by atoms with Gasteiger partial charge in [0.15, 0.2) is 0 Å². The van der Waals surface area contributed by atoms with Crippen LogP contribution in [0.3, 0.4) is 0 Å². The van der Waals surface area contributed by atoms with E-state index in [-0.39, 0.29) is 35.5 Å². The first kappa shape index (κ1) is 31.2. The van der Waals surface area contributed by atoms with E-state index in [9.17, 15) is 28.2 Å². The van der Waals surface area contributed by atoms with E-state index in [2.05, 4.69) is 20.6 Å². The van der Waals surface area contributed by atoms with Crippen molar-refractivity contribution in [3.05, 3.63) is 59.9 Å². The van der Waals surface area contributed by atoms with Crippen LogP contribution < -0.4 is 15.2 Å². The van der Waals surface area contributed by atoms with Crippen LogP contribution in [-0.4, -0.2) is 76.0 Å². The number of phenols is 1. The number of nitrogens with two attached hydrogens (primary N) is 1. The Kier molecular flexibility index (Phi) is 10.3. The Bertz CT molecular complexity index is 1660. The summed E-state index contributed by atoms with van der Waals surface area (Å²) in [4.78, 5) is 29.6. The van der Waals surface area contributed by atoms with Crippen LogP contribution in [0.4, 0.5) is 0 Å². The molecule has 17 heteroatoms. The first-order valence-corrected chi connectivity index (χ1v) is 15.9. The maximum atomic E-state index is 13.2. The Hall–Kier alpha value is -3.77. The topological polar surface area (TPSA) is 209 Å². The molecule has 0 aliphatic rings. The van der Waals surface area contributed by atoms with Crippen LogP contribution in [0.1, 0.15) is 23.7 Å². The number of methoxy groups -OCH3 is 1. The molecule has 224 valence electrons. The summed E-state index contributed by atoms with van der Waals surface area (Å²) in [6, 6.07) is 9.64. The number of benzene rings is 2. The van der Waals surface area contributed by atoms with E-state index in [0.717, 1.165) is 16.9 Å². The summed E-state index contributed by atoms with van der Waals surface area (Å²) in [5.41, 5.74) is 1.69. The average molecular weight is 637 g/mol. The molecule has 0 saturated carbocycles. The van der Waals surface area contributed by atoms with Gasteiger partial charge in [0.2, 0.25) is 10.2 Å². The summed E-state index contributed by atoms with van der Waals surface area (Å²) in [7, 11) is -2.70. The summed E-state index contributed by atoms with van der Waals surface area (Å²) in [6.45, 7) is -0.343. The fraction of sp³-hybridized carbons (Fsp3) is 0.320. The SMILES string of the molecule is COC(=O)[C@@H](CSCc1cccc(O)c1)NC(=O)[C@H](CCO)n1cc(COc2ccc3nc(S(N)(=O)=O)sc3c2)nn1. The van der Waals surface area contributed by atoms with Gasteiger partial charge in [-0.25, -0.2) is 28.0 Å². The van der Waals surface area contributed by atoms with Gasteiger partial charge in [-0.1, -0.05) is 17.3 Å². The summed E-state index contributed by atoms with van der Waals surface area (Å²) in [5, 5.41) is 35.1. The number of rotatable bonds is 14. The molecule has 0 aliphatic carbocycles. The van der Waals surface area contributed by atoms with E-state index in [4.69, 9.17) is 14.6 Å². The summed E-state index contributed by atoms with van der Waals surface area (Å²) >= 11 is 2.30. The minimum atomic E-state index is -3.92. The summed E-state index contributed by atoms with van der Waals surface area (Å²) in [5.74, 6) is 0.0740. The van der Waals surface area contributed by atoms with Crippen molar-refractivity contribution in [2.75, 3.05) is 19.5 Å². The predicted octanol–water partition coefficient (Wildman–Crippen LogP) is 1.33. The molecular formula is C25H28N6O8S3. The third-order valence-electron chi connectivity index (χ3n) is 5.82. The van der Waals surface area contributed by atoms with E-state index in [1.54, 1.807) is 36.4 Å². The minimum absolute atomic E-state index is 0.00818. The number of phenolic OH excluding ortho intramolecular Hbond substituents is 1. The minimum Gasteiger partial charge on any atom is -0.508 e. The smallest absolute Gasteiger partial charge is 0.329 e. The molecule has 1 amide bonds. The molecule has 0 aliphatic heterocycles. The Morgan fingerprint density at radius 2 is 2.05 bits per heavy atom. The number of aromatic hydroxyl groups is 1. The molecule has 0 spiro atoms. The average Bonchev–Trinajstić information content (AvgIpc) is 3.61. The van der Waals surface area contributed by atoms with Crippen molar-refractivity contribution in [2.45, 2.75) is 35.2 Å². The number of aromatic nitrogens is 4. The number of nitrogens with zero attached hydrogens (tertiary/aromatic N) is 4. The normalized spacial score (nSPS) is 13.0. The van der Waals surface area contributed by atoms with E-state index in [1.807, 2.05) is 6.07 Å². The van der Waals surface area contributed by atoms with Gasteiger partial charge in [0.05, 0.1) is 23.5 Å². The zero-order valence-corrected chi connectivity index (χ0v) is 24.7. The Morgan fingerprint density at radius 3 is 2.76 bits per heavy atom. The van der Waals surface area contributed by atoms with Gasteiger partial charge in [-0.2, -0.15) is 11.8 Å². The maximum absolute atomic E-state index is 13.2. The number of carbonyl (C=O) groups is 2. The lowest BCUT2D eigenvalue weighted by atomic mass is 10.2. The monoisotopic (exact) mass is 636 g/mol. The Morgan fingerprint density at radius 1 is 1.24 bits per heavy atom. The molecule has 2 aromatic heterocycles. The molecule has 2 atom stereocenters. The molecule has 14 nitrogen and oxygen atoms in total. The third-order valence-corrected chi connectivity index (χ3v) is 9.26. The summed E-state index contributed by atoms with van der Waals surface area (Å²) in [6.07, 6.45) is 1.50. The quantitative estimate of drug-likeness (QED) is 0.145. The highest BCUT2D eigenvalue weighted by molar-refractivity contribution is 7.98. The van der Waals surface area contributed by atoms with Crippen LogP contribution in [0.5, 0.6) is 11.5 Å². The lowest BCUT2D eigenvalue weighted by Crippen LogP contribution is -2.46. The standard InChI is InChI=1S/C25H28N6O8S3/c1-38-24(35)20(14-40-13-15-3-2-4-17(33)9-15)27-23(34)21(7-8-32)31-11-16(29-30-31)12-39-18-5-6-19-22(10-18)41-25(28-19)42(26,36)37/h2-6,9-11,20-21,32-33H,7-8,12-14H2,1H3,(H,27,34)(H2,26,36,37)/t20-,21+/m1/s1. The number of carbonyl (C=O) groups excluding carboxylic acids is 2. The number of aliphatic hydroxyl groups is 1. The van der Waals surface area contributed by atoms with Crippen molar-refractivity contribution in [3.63, 3.8) is 0 Å². The zero-order chi connectivity index (χ0) is 30.3. The summed E-state index contributed by atoms with van der Waals surface area (Å²) < 4.78 is 35.4. The van der Waals surface area contributed by atoms with Gasteiger partial charge in [0, 0.05) is 24.5 Å². The van der Waals surface area contributed by atoms with Crippen LogP contribution in [0.2, 0.25) is 0 Å². The number of hydrogen-bond donors (Lipinski definition) is 4. The lowest BCUT2D eigenvalue weighted by molar-refractivity contribution is -0.144. The predicted molar refractivity (Wildman–Crippen MR) is 154 cm³/mol. The molecule has 4 aromatic rings. The molecule has 0 radical (unpaired) electrons. The van der Waals surface area contributed by atoms with Crippen molar-refractivity contribution in [1.82, 2.24) is 25.3 Å². The number of amides is 1. The second-order valence-electron chi connectivity index (χ2n) is 8.93. The van der Waals surface area contributed by atoms with Gasteiger partial charge in [-0.05, 0) is 35.9 Å². The molecule has 0 fully saturated rings. The molecule has 4 rings (SSSR count). The van der Waals surface area contributed by atoms with Crippen molar-refractivity contribution in [2.24, 2.45) is 5.14 Å². The molecule has 0 saturated heterocycles. The number of hydrogen-bond acceptors (Lipinski definition) is 13. The second kappa shape index (κ2) is 13.9. The van der Waals surface area contributed by atoms with Gasteiger partial charge >= 0.3 is 5.97 Å². The fourth-order valence-corrected chi connectivity index (χ4v) is 6.48. The van der Waals surface area contributed by atoms with Gasteiger partial charge < -0.3 is 25.0 Å². The van der Waals surface area contributed by atoms with Gasteiger partial charge in [-0.15, -0.1) is 16.4 Å². The molecular weight excluding hydrogens is 609 g/mol. The number of fused-ring (bicyclic) bond motifs is 1. The van der Waals surface area contributed by atoms with Crippen LogP contribution >= 0.6 is 23.1 Å². The molecule has 2 heterocycles. The van der Waals surface area contributed by atoms with E-state index >= 15 is 0 Å². The van der Waals surface area contributed by atoms with Crippen molar-refractivity contribution in [1.29, 1.82) is 0 Å². The Labute approximate surface area is 248 Å². The Balaban J connectivity index is 1.38. The highest BCUT2D eigenvalue weighted by Crippen LogP contribution is 2.28. The molecule has 42 heavy (non-hydrogen) atoms. The number of ether oxygens (including phenoxy) is 2. The third kappa shape index (κ3) is 8.16. The van der Waals surface area contributed by atoms with Crippen molar-refractivity contribution in [3.8, 4) is 11.5 Å². The first-order chi connectivity index (χ1) is 20.1. The van der Waals surface area contributed by atoms with Gasteiger partial charge in [-0.3, -0.25) is 4.79 Å². The highest BCUT2D eigenvalue weighted by atomic mass is 32.2. The lowest BCUT2D eigenvalue weighted by Gasteiger charge is -2.21. The first-order valence-electron chi connectivity index (χ1n) is 12.4. The zero-order valence-electron chi connectivity index (χ0n) is 22.2. The van der Waals surface area contributed by atoms with Crippen LogP contribution in [0.25, 0.3) is 10.2 Å². The van der Waals surface area contributed by atoms with Crippen LogP contribution in [0.15, 0.2) is 53.0 Å². The van der Waals surface area contributed by atoms with Crippen molar-refractivity contribution < 1.29 is 37.7 Å². The number of primary sulfonamides is 1. The molecule has 2 aromatic carbocycles.